The van der Waals surface area contributed by atoms with E-state index in [1.54, 1.807) is 6.07 Å². The second-order valence-electron chi connectivity index (χ2n) is 3.98. The van der Waals surface area contributed by atoms with E-state index in [2.05, 4.69) is 36.6 Å². The van der Waals surface area contributed by atoms with Gasteiger partial charge in [-0.05, 0) is 52.3 Å². The average molecular weight is 434 g/mol. The molecule has 0 unspecified atom stereocenters. The summed E-state index contributed by atoms with van der Waals surface area (Å²) in [6.07, 6.45) is 0. The maximum atomic E-state index is 13.5. The smallest absolute Gasteiger partial charge is 0.262 e. The number of hydrogen-bond donors (Lipinski definition) is 1. The minimum absolute atomic E-state index is 0.121. The number of nitrogens with one attached hydrogen (secondary N) is 1. The molecule has 2 aromatic rings. The van der Waals surface area contributed by atoms with E-state index in [-0.39, 0.29) is 20.6 Å². The van der Waals surface area contributed by atoms with Gasteiger partial charge < -0.3 is 0 Å². The molecule has 8 heteroatoms. The van der Waals surface area contributed by atoms with Crippen molar-refractivity contribution >= 4 is 47.6 Å². The Bertz CT molecular complexity index is 848. The van der Waals surface area contributed by atoms with Crippen LogP contribution in [0.3, 0.4) is 0 Å². The van der Waals surface area contributed by atoms with E-state index >= 15 is 0 Å². The minimum Gasteiger partial charge on any atom is -0.278 e. The highest BCUT2D eigenvalue weighted by atomic mass is 79.9. The normalized spacial score (nSPS) is 11.0. The third-order valence-electron chi connectivity index (χ3n) is 2.55. The van der Waals surface area contributed by atoms with Crippen LogP contribution in [0.4, 0.5) is 10.1 Å². The Hall–Kier alpha value is -1.43. The van der Waals surface area contributed by atoms with Gasteiger partial charge in [-0.3, -0.25) is 4.72 Å². The van der Waals surface area contributed by atoms with Crippen LogP contribution in [0.15, 0.2) is 50.2 Å². The third kappa shape index (κ3) is 3.61. The zero-order valence-corrected chi connectivity index (χ0v) is 14.3. The first-order valence-corrected chi connectivity index (χ1v) is 8.58. The van der Waals surface area contributed by atoms with E-state index in [4.69, 9.17) is 5.26 Å². The molecule has 0 bridgehead atoms. The molecule has 0 atom stereocenters. The summed E-state index contributed by atoms with van der Waals surface area (Å²) >= 11 is 6.16. The van der Waals surface area contributed by atoms with Crippen LogP contribution in [-0.2, 0) is 10.0 Å². The quantitative estimate of drug-likeness (QED) is 0.794. The summed E-state index contributed by atoms with van der Waals surface area (Å²) in [5, 5.41) is 8.99. The first-order valence-electron chi connectivity index (χ1n) is 5.51. The van der Waals surface area contributed by atoms with E-state index < -0.39 is 15.8 Å². The zero-order valence-electron chi connectivity index (χ0n) is 10.3. The summed E-state index contributed by atoms with van der Waals surface area (Å²) in [4.78, 5) is -0.230. The highest BCUT2D eigenvalue weighted by Crippen LogP contribution is 2.25. The molecule has 108 valence electrons. The number of rotatable bonds is 3. The number of benzene rings is 2. The molecule has 21 heavy (non-hydrogen) atoms. The van der Waals surface area contributed by atoms with Gasteiger partial charge in [-0.25, -0.2) is 12.8 Å². The highest BCUT2D eigenvalue weighted by Gasteiger charge is 2.18. The van der Waals surface area contributed by atoms with Gasteiger partial charge in [-0.15, -0.1) is 0 Å². The molecule has 0 aliphatic carbocycles. The molecule has 0 saturated heterocycles. The second-order valence-corrected chi connectivity index (χ2v) is 7.44. The Morgan fingerprint density at radius 2 is 1.86 bits per heavy atom. The highest BCUT2D eigenvalue weighted by molar-refractivity contribution is 9.10. The fraction of sp³-hybridized carbons (Fsp3) is 0. The van der Waals surface area contributed by atoms with E-state index in [9.17, 15) is 12.8 Å². The van der Waals surface area contributed by atoms with Crippen molar-refractivity contribution in [2.45, 2.75) is 4.90 Å². The van der Waals surface area contributed by atoms with Gasteiger partial charge in [0.15, 0.2) is 0 Å². The van der Waals surface area contributed by atoms with Crippen LogP contribution in [0.5, 0.6) is 0 Å². The van der Waals surface area contributed by atoms with Gasteiger partial charge in [0.25, 0.3) is 10.0 Å². The lowest BCUT2D eigenvalue weighted by Gasteiger charge is -2.10. The number of nitriles is 1. The molecule has 0 spiro atoms. The van der Waals surface area contributed by atoms with E-state index in [1.165, 1.54) is 24.3 Å². The Labute approximate surface area is 137 Å². The minimum atomic E-state index is -3.98. The van der Waals surface area contributed by atoms with Crippen molar-refractivity contribution < 1.29 is 12.8 Å². The van der Waals surface area contributed by atoms with E-state index in [0.717, 1.165) is 6.07 Å². The van der Waals surface area contributed by atoms with Crippen molar-refractivity contribution in [3.63, 3.8) is 0 Å². The Morgan fingerprint density at radius 3 is 2.48 bits per heavy atom. The van der Waals surface area contributed by atoms with Gasteiger partial charge in [0.2, 0.25) is 0 Å². The monoisotopic (exact) mass is 432 g/mol. The van der Waals surface area contributed by atoms with Crippen LogP contribution >= 0.6 is 31.9 Å². The van der Waals surface area contributed by atoms with Crippen LogP contribution in [0.2, 0.25) is 0 Å². The number of nitrogens with zero attached hydrogens (tertiary/aromatic N) is 1. The van der Waals surface area contributed by atoms with Crippen molar-refractivity contribution in [1.29, 1.82) is 5.26 Å². The fourth-order valence-corrected chi connectivity index (χ4v) is 3.24. The van der Waals surface area contributed by atoms with Gasteiger partial charge >= 0.3 is 0 Å². The van der Waals surface area contributed by atoms with Crippen molar-refractivity contribution in [3.05, 3.63) is 56.7 Å². The third-order valence-corrected chi connectivity index (χ3v) is 5.05. The lowest BCUT2D eigenvalue weighted by Crippen LogP contribution is -2.14. The molecule has 0 radical (unpaired) electrons. The molecule has 0 heterocycles. The number of hydrogen-bond acceptors (Lipinski definition) is 3. The molecule has 4 nitrogen and oxygen atoms in total. The Kier molecular flexibility index (Phi) is 4.66. The van der Waals surface area contributed by atoms with Crippen molar-refractivity contribution in [1.82, 2.24) is 0 Å². The van der Waals surface area contributed by atoms with Crippen molar-refractivity contribution in [2.24, 2.45) is 0 Å². The topological polar surface area (TPSA) is 70.0 Å². The first kappa shape index (κ1) is 15.9. The van der Waals surface area contributed by atoms with Crippen LogP contribution in [0.25, 0.3) is 0 Å². The Balaban J connectivity index is 2.45. The standard InChI is InChI=1S/C13H7Br2FN2O2S/c14-9-2-1-8(7-17)13(5-9)18-21(19,20)10-3-4-11(15)12(16)6-10/h1-6,18H. The largest absolute Gasteiger partial charge is 0.278 e. The molecular weight excluding hydrogens is 427 g/mol. The van der Waals surface area contributed by atoms with Gasteiger partial charge in [-0.1, -0.05) is 15.9 Å². The van der Waals surface area contributed by atoms with Crippen LogP contribution in [0.1, 0.15) is 5.56 Å². The molecule has 0 aliphatic heterocycles. The SMILES string of the molecule is N#Cc1ccc(Br)cc1NS(=O)(=O)c1ccc(Br)c(F)c1. The predicted octanol–water partition coefficient (Wildman–Crippen LogP) is 4.02. The number of halogens is 3. The molecular formula is C13H7Br2FN2O2S. The summed E-state index contributed by atoms with van der Waals surface area (Å²) in [6.45, 7) is 0. The van der Waals surface area contributed by atoms with E-state index in [1.807, 2.05) is 6.07 Å². The predicted molar refractivity (Wildman–Crippen MR) is 83.8 cm³/mol. The molecule has 0 amide bonds. The number of anilines is 1. The lowest BCUT2D eigenvalue weighted by molar-refractivity contribution is 0.593. The average Bonchev–Trinajstić information content (AvgIpc) is 2.41. The summed E-state index contributed by atoms with van der Waals surface area (Å²) < 4.78 is 41.0. The summed E-state index contributed by atoms with van der Waals surface area (Å²) in [5.41, 5.74) is 0.287. The Morgan fingerprint density at radius 1 is 1.14 bits per heavy atom. The maximum Gasteiger partial charge on any atom is 0.262 e. The van der Waals surface area contributed by atoms with Crippen LogP contribution in [0, 0.1) is 17.1 Å². The van der Waals surface area contributed by atoms with Crippen LogP contribution in [-0.4, -0.2) is 8.42 Å². The molecule has 2 aromatic carbocycles. The molecule has 1 N–H and O–H groups in total. The summed E-state index contributed by atoms with van der Waals surface area (Å²) in [5.74, 6) is -0.687. The summed E-state index contributed by atoms with van der Waals surface area (Å²) in [6, 6.07) is 9.91. The first-order chi connectivity index (χ1) is 9.83. The number of sulfonamides is 1. The van der Waals surface area contributed by atoms with Gasteiger partial charge in [0.05, 0.1) is 20.6 Å². The molecule has 2 rings (SSSR count). The van der Waals surface area contributed by atoms with Crippen molar-refractivity contribution in [2.75, 3.05) is 4.72 Å². The summed E-state index contributed by atoms with van der Waals surface area (Å²) in [7, 11) is -3.98. The van der Waals surface area contributed by atoms with Gasteiger partial charge in [0, 0.05) is 4.47 Å². The van der Waals surface area contributed by atoms with Gasteiger partial charge in [0.1, 0.15) is 11.9 Å². The zero-order chi connectivity index (χ0) is 15.6. The van der Waals surface area contributed by atoms with Crippen LogP contribution < -0.4 is 4.72 Å². The van der Waals surface area contributed by atoms with Crippen molar-refractivity contribution in [3.8, 4) is 6.07 Å². The maximum absolute atomic E-state index is 13.5. The molecule has 0 aliphatic rings. The molecule has 0 aromatic heterocycles. The fourth-order valence-electron chi connectivity index (χ4n) is 1.55. The van der Waals surface area contributed by atoms with Gasteiger partial charge in [-0.2, -0.15) is 5.26 Å². The molecule has 0 fully saturated rings. The lowest BCUT2D eigenvalue weighted by atomic mass is 10.2. The second kappa shape index (κ2) is 6.13. The van der Waals surface area contributed by atoms with E-state index in [0.29, 0.717) is 4.47 Å². The molecule has 0 saturated carbocycles.